The number of nitrogens with one attached hydrogen (secondary N) is 1. The summed E-state index contributed by atoms with van der Waals surface area (Å²) in [5, 5.41) is 15.2. The SMILES string of the molecule is CCOc1cc(C=C2C(=N)N3N=C(CC(=O)N4CCCC4)SC3=NC2=O)ccc1OCc1ccccc1C. The van der Waals surface area contributed by atoms with Crippen LogP contribution < -0.4 is 9.47 Å². The van der Waals surface area contributed by atoms with E-state index >= 15 is 0 Å². The predicted molar refractivity (Wildman–Crippen MR) is 149 cm³/mol. The van der Waals surface area contributed by atoms with E-state index in [4.69, 9.17) is 14.9 Å². The molecule has 3 aliphatic heterocycles. The molecule has 5 rings (SSSR count). The maximum atomic E-state index is 12.8. The molecule has 3 aliphatic rings. The van der Waals surface area contributed by atoms with Gasteiger partial charge in [0.15, 0.2) is 17.3 Å². The summed E-state index contributed by atoms with van der Waals surface area (Å²) in [6.07, 6.45) is 3.78. The van der Waals surface area contributed by atoms with Crippen LogP contribution >= 0.6 is 11.8 Å². The first-order chi connectivity index (χ1) is 18.4. The number of ether oxygens (including phenoxy) is 2. The second kappa shape index (κ2) is 11.2. The number of thioether (sulfide) groups is 1. The van der Waals surface area contributed by atoms with E-state index in [1.54, 1.807) is 18.2 Å². The van der Waals surface area contributed by atoms with Crippen molar-refractivity contribution in [3.8, 4) is 11.5 Å². The van der Waals surface area contributed by atoms with E-state index in [9.17, 15) is 9.59 Å². The summed E-state index contributed by atoms with van der Waals surface area (Å²) in [6, 6.07) is 13.4. The topological polar surface area (TPSA) is 108 Å². The van der Waals surface area contributed by atoms with Crippen molar-refractivity contribution in [2.45, 2.75) is 39.7 Å². The molecule has 0 radical (unpaired) electrons. The highest BCUT2D eigenvalue weighted by atomic mass is 32.2. The number of amides is 2. The van der Waals surface area contributed by atoms with Crippen LogP contribution in [0.5, 0.6) is 11.5 Å². The number of hydrogen-bond donors (Lipinski definition) is 1. The zero-order valence-corrected chi connectivity index (χ0v) is 22.2. The third-order valence-corrected chi connectivity index (χ3v) is 7.39. The molecule has 0 spiro atoms. The Kier molecular flexibility index (Phi) is 7.59. The Morgan fingerprint density at radius 1 is 1.13 bits per heavy atom. The molecule has 3 heterocycles. The van der Waals surface area contributed by atoms with Crippen LogP contribution in [-0.4, -0.2) is 57.5 Å². The predicted octanol–water partition coefficient (Wildman–Crippen LogP) is 4.60. The lowest BCUT2D eigenvalue weighted by Crippen LogP contribution is -2.35. The number of rotatable bonds is 8. The lowest BCUT2D eigenvalue weighted by atomic mass is 10.1. The fourth-order valence-electron chi connectivity index (χ4n) is 4.41. The van der Waals surface area contributed by atoms with Crippen LogP contribution in [0.15, 0.2) is 58.1 Å². The van der Waals surface area contributed by atoms with Gasteiger partial charge in [-0.15, -0.1) is 0 Å². The monoisotopic (exact) mass is 531 g/mol. The number of aryl methyl sites for hydroxylation is 1. The Morgan fingerprint density at radius 3 is 2.68 bits per heavy atom. The summed E-state index contributed by atoms with van der Waals surface area (Å²) in [5.41, 5.74) is 3.01. The van der Waals surface area contributed by atoms with Gasteiger partial charge in [0.1, 0.15) is 11.7 Å². The highest BCUT2D eigenvalue weighted by molar-refractivity contribution is 8.27. The van der Waals surface area contributed by atoms with E-state index in [1.807, 2.05) is 49.1 Å². The largest absolute Gasteiger partial charge is 0.490 e. The first-order valence-electron chi connectivity index (χ1n) is 12.6. The van der Waals surface area contributed by atoms with Gasteiger partial charge in [-0.3, -0.25) is 15.0 Å². The first kappa shape index (κ1) is 25.7. The average Bonchev–Trinajstić information content (AvgIpc) is 3.58. The van der Waals surface area contributed by atoms with Crippen molar-refractivity contribution in [1.29, 1.82) is 5.41 Å². The van der Waals surface area contributed by atoms with Crippen molar-refractivity contribution < 1.29 is 19.1 Å². The summed E-state index contributed by atoms with van der Waals surface area (Å²) in [6.45, 7) is 6.31. The fraction of sp³-hybridized carbons (Fsp3) is 0.321. The molecule has 0 aliphatic carbocycles. The molecule has 2 aromatic carbocycles. The third kappa shape index (κ3) is 5.50. The quantitative estimate of drug-likeness (QED) is 0.499. The van der Waals surface area contributed by atoms with E-state index in [2.05, 4.69) is 10.1 Å². The maximum absolute atomic E-state index is 12.8. The fourth-order valence-corrected chi connectivity index (χ4v) is 5.28. The molecule has 2 amide bonds. The number of benzene rings is 2. The normalized spacial score (nSPS) is 18.0. The van der Waals surface area contributed by atoms with Gasteiger partial charge in [0.05, 0.1) is 18.6 Å². The lowest BCUT2D eigenvalue weighted by Gasteiger charge is -2.20. The average molecular weight is 532 g/mol. The van der Waals surface area contributed by atoms with Gasteiger partial charge in [-0.1, -0.05) is 30.3 Å². The van der Waals surface area contributed by atoms with Crippen molar-refractivity contribution in [2.75, 3.05) is 19.7 Å². The summed E-state index contributed by atoms with van der Waals surface area (Å²) in [5.74, 6) is 0.557. The van der Waals surface area contributed by atoms with Gasteiger partial charge in [0.25, 0.3) is 5.91 Å². The Balaban J connectivity index is 1.33. The zero-order valence-electron chi connectivity index (χ0n) is 21.4. The van der Waals surface area contributed by atoms with Crippen molar-refractivity contribution in [1.82, 2.24) is 9.91 Å². The molecular weight excluding hydrogens is 502 g/mol. The van der Waals surface area contributed by atoms with Gasteiger partial charge < -0.3 is 14.4 Å². The molecule has 1 saturated heterocycles. The number of carbonyl (C=O) groups excluding carboxylic acids is 2. The number of hydrazone groups is 1. The highest BCUT2D eigenvalue weighted by Gasteiger charge is 2.36. The summed E-state index contributed by atoms with van der Waals surface area (Å²) in [4.78, 5) is 31.3. The molecule has 0 unspecified atom stereocenters. The Labute approximate surface area is 225 Å². The molecule has 0 atom stereocenters. The second-order valence-electron chi connectivity index (χ2n) is 9.13. The van der Waals surface area contributed by atoms with E-state index < -0.39 is 5.91 Å². The standard InChI is InChI=1S/C28H29N5O4S/c1-3-36-23-15-19(10-11-22(23)37-17-20-9-5-4-8-18(20)2)14-21-26(29)33-28(30-27(21)35)38-24(31-33)16-25(34)32-12-6-7-13-32/h4-5,8-11,14-15,29H,3,6-7,12-13,16-17H2,1-2H3. The van der Waals surface area contributed by atoms with Gasteiger partial charge in [0, 0.05) is 13.1 Å². The van der Waals surface area contributed by atoms with E-state index in [0.29, 0.717) is 40.5 Å². The van der Waals surface area contributed by atoms with E-state index in [0.717, 1.165) is 37.1 Å². The molecule has 1 fully saturated rings. The van der Waals surface area contributed by atoms with E-state index in [1.165, 1.54) is 16.8 Å². The molecule has 0 aromatic heterocycles. The summed E-state index contributed by atoms with van der Waals surface area (Å²) in [7, 11) is 0. The van der Waals surface area contributed by atoms with Gasteiger partial charge >= 0.3 is 0 Å². The van der Waals surface area contributed by atoms with Crippen molar-refractivity contribution in [3.63, 3.8) is 0 Å². The van der Waals surface area contributed by atoms with Crippen molar-refractivity contribution in [2.24, 2.45) is 10.1 Å². The zero-order chi connectivity index (χ0) is 26.6. The number of likely N-dealkylation sites (tertiary alicyclic amines) is 1. The van der Waals surface area contributed by atoms with Gasteiger partial charge in [-0.2, -0.15) is 15.1 Å². The van der Waals surface area contributed by atoms with Crippen molar-refractivity contribution >= 4 is 45.7 Å². The van der Waals surface area contributed by atoms with Crippen LogP contribution in [0.25, 0.3) is 6.08 Å². The molecule has 10 heteroatoms. The Hall–Kier alpha value is -3.92. The smallest absolute Gasteiger partial charge is 0.283 e. The molecule has 9 nitrogen and oxygen atoms in total. The molecule has 196 valence electrons. The second-order valence-corrected chi connectivity index (χ2v) is 10.2. The number of fused-ring (bicyclic) bond motifs is 1. The first-order valence-corrected chi connectivity index (χ1v) is 13.5. The molecule has 1 N–H and O–H groups in total. The minimum Gasteiger partial charge on any atom is -0.490 e. The number of nitrogens with zero attached hydrogens (tertiary/aromatic N) is 4. The summed E-state index contributed by atoms with van der Waals surface area (Å²) < 4.78 is 11.9. The van der Waals surface area contributed by atoms with Crippen LogP contribution in [0.2, 0.25) is 0 Å². The van der Waals surface area contributed by atoms with Gasteiger partial charge in [0.2, 0.25) is 11.1 Å². The van der Waals surface area contributed by atoms with E-state index in [-0.39, 0.29) is 23.7 Å². The van der Waals surface area contributed by atoms with Crippen LogP contribution in [0.4, 0.5) is 0 Å². The molecule has 0 saturated carbocycles. The minimum atomic E-state index is -0.520. The number of amidine groups is 2. The Bertz CT molecular complexity index is 1380. The van der Waals surface area contributed by atoms with Crippen LogP contribution in [0.3, 0.4) is 0 Å². The minimum absolute atomic E-state index is 0.0102. The summed E-state index contributed by atoms with van der Waals surface area (Å²) >= 11 is 1.17. The highest BCUT2D eigenvalue weighted by Crippen LogP contribution is 2.33. The van der Waals surface area contributed by atoms with Gasteiger partial charge in [-0.25, -0.2) is 0 Å². The van der Waals surface area contributed by atoms with Gasteiger partial charge in [-0.05, 0) is 73.4 Å². The lowest BCUT2D eigenvalue weighted by molar-refractivity contribution is -0.128. The number of aliphatic imine (C=N–C) groups is 1. The molecule has 2 aromatic rings. The van der Waals surface area contributed by atoms with Crippen LogP contribution in [0, 0.1) is 12.3 Å². The molecule has 38 heavy (non-hydrogen) atoms. The maximum Gasteiger partial charge on any atom is 0.283 e. The molecular formula is C28H29N5O4S. The van der Waals surface area contributed by atoms with Crippen molar-refractivity contribution in [3.05, 3.63) is 64.7 Å². The number of hydrogen-bond acceptors (Lipinski definition) is 7. The Morgan fingerprint density at radius 2 is 1.92 bits per heavy atom. The van der Waals surface area contributed by atoms with Crippen LogP contribution in [0.1, 0.15) is 42.9 Å². The molecule has 0 bridgehead atoms. The van der Waals surface area contributed by atoms with Crippen LogP contribution in [-0.2, 0) is 16.2 Å². The number of carbonyl (C=O) groups is 2. The third-order valence-electron chi connectivity index (χ3n) is 6.48.